The summed E-state index contributed by atoms with van der Waals surface area (Å²) in [4.78, 5) is 50.8. The fraction of sp³-hybridized carbons (Fsp3) is 0.345. The second-order valence-electron chi connectivity index (χ2n) is 10.7. The molecule has 43 heavy (non-hydrogen) atoms. The van der Waals surface area contributed by atoms with Crippen LogP contribution >= 0.6 is 0 Å². The Bertz CT molecular complexity index is 1540. The highest BCUT2D eigenvalue weighted by atomic mass is 19.1. The summed E-state index contributed by atoms with van der Waals surface area (Å²) in [6.07, 6.45) is 3.03. The molecule has 2 aromatic carbocycles. The zero-order chi connectivity index (χ0) is 30.9. The number of hydrogen-bond acceptors (Lipinski definition) is 7. The number of carbonyl (C=O) groups excluding carboxylic acids is 3. The van der Waals surface area contributed by atoms with Gasteiger partial charge in [0.2, 0.25) is 17.7 Å². The predicted octanol–water partition coefficient (Wildman–Crippen LogP) is 4.17. The molecular weight excluding hydrogens is 567 g/mol. The molecule has 1 aliphatic heterocycles. The number of piperidine rings is 1. The molecule has 1 saturated carbocycles. The number of nitrogens with one attached hydrogen (secondary N) is 1. The van der Waals surface area contributed by atoms with E-state index in [9.17, 15) is 18.8 Å². The van der Waals surface area contributed by atoms with Gasteiger partial charge in [-0.2, -0.15) is 0 Å². The van der Waals surface area contributed by atoms with Crippen molar-refractivity contribution in [2.75, 3.05) is 37.4 Å². The third kappa shape index (κ3) is 6.23. The van der Waals surface area contributed by atoms with E-state index >= 15 is 8.78 Å². The summed E-state index contributed by atoms with van der Waals surface area (Å²) in [5, 5.41) is 2.66. The number of nitrogens with two attached hydrogens (primary N) is 1. The van der Waals surface area contributed by atoms with E-state index in [4.69, 9.17) is 10.5 Å². The maximum absolute atomic E-state index is 15.5. The summed E-state index contributed by atoms with van der Waals surface area (Å²) in [6, 6.07) is 6.85. The number of hydrogen-bond donors (Lipinski definition) is 2. The number of amides is 4. The van der Waals surface area contributed by atoms with Crippen molar-refractivity contribution >= 4 is 35.0 Å². The van der Waals surface area contributed by atoms with Crippen LogP contribution in [0.4, 0.5) is 35.2 Å². The van der Waals surface area contributed by atoms with Crippen molar-refractivity contribution in [3.05, 3.63) is 66.2 Å². The molecule has 2 fully saturated rings. The molecular formula is C29H30F3N7O4. The van der Waals surface area contributed by atoms with Gasteiger partial charge in [-0.05, 0) is 70.1 Å². The first kappa shape index (κ1) is 29.8. The van der Waals surface area contributed by atoms with Crippen molar-refractivity contribution in [3.8, 4) is 11.6 Å². The highest BCUT2D eigenvalue weighted by molar-refractivity contribution is 6.16. The van der Waals surface area contributed by atoms with Crippen LogP contribution in [0.2, 0.25) is 0 Å². The van der Waals surface area contributed by atoms with Gasteiger partial charge in [0.1, 0.15) is 23.4 Å². The van der Waals surface area contributed by atoms with Crippen LogP contribution in [-0.2, 0) is 9.59 Å². The van der Waals surface area contributed by atoms with Crippen LogP contribution in [0, 0.1) is 22.9 Å². The molecule has 14 heteroatoms. The van der Waals surface area contributed by atoms with Crippen LogP contribution in [0.3, 0.4) is 0 Å². The molecule has 2 heterocycles. The second kappa shape index (κ2) is 11.9. The first-order chi connectivity index (χ1) is 20.5. The molecule has 226 valence electrons. The number of nitrogens with zero attached hydrogens (tertiary/aromatic N) is 5. The molecule has 0 spiro atoms. The largest absolute Gasteiger partial charge is 0.436 e. The van der Waals surface area contributed by atoms with E-state index in [-0.39, 0.29) is 36.3 Å². The van der Waals surface area contributed by atoms with E-state index in [2.05, 4.69) is 20.2 Å². The van der Waals surface area contributed by atoms with Gasteiger partial charge in [-0.25, -0.2) is 27.9 Å². The van der Waals surface area contributed by atoms with Gasteiger partial charge < -0.3 is 20.3 Å². The number of urea groups is 1. The van der Waals surface area contributed by atoms with E-state index in [1.54, 1.807) is 11.9 Å². The number of anilines is 3. The lowest BCUT2D eigenvalue weighted by atomic mass is 10.0. The zero-order valence-corrected chi connectivity index (χ0v) is 23.5. The number of aromatic nitrogens is 2. The fourth-order valence-corrected chi connectivity index (χ4v) is 4.95. The number of ether oxygens (including phenoxy) is 1. The first-order valence-corrected chi connectivity index (χ1v) is 13.6. The molecule has 0 radical (unpaired) electrons. The monoisotopic (exact) mass is 597 g/mol. The molecule has 2 aliphatic rings. The molecule has 5 rings (SSSR count). The Morgan fingerprint density at radius 3 is 2.33 bits per heavy atom. The summed E-state index contributed by atoms with van der Waals surface area (Å²) in [7, 11) is 3.72. The van der Waals surface area contributed by atoms with Crippen LogP contribution in [0.25, 0.3) is 0 Å². The Morgan fingerprint density at radius 2 is 1.70 bits per heavy atom. The topological polar surface area (TPSA) is 134 Å². The highest BCUT2D eigenvalue weighted by Crippen LogP contribution is 2.49. The third-order valence-corrected chi connectivity index (χ3v) is 7.81. The van der Waals surface area contributed by atoms with Crippen LogP contribution in [0.1, 0.15) is 25.7 Å². The van der Waals surface area contributed by atoms with Crippen molar-refractivity contribution in [3.63, 3.8) is 0 Å². The Kier molecular flexibility index (Phi) is 8.22. The Morgan fingerprint density at radius 1 is 1.02 bits per heavy atom. The van der Waals surface area contributed by atoms with E-state index < -0.39 is 52.1 Å². The number of primary amides is 1. The molecule has 4 amide bonds. The summed E-state index contributed by atoms with van der Waals surface area (Å²) in [5.74, 6) is -5.17. The predicted molar refractivity (Wildman–Crippen MR) is 150 cm³/mol. The van der Waals surface area contributed by atoms with Gasteiger partial charge in [0.25, 0.3) is 0 Å². The normalized spacial score (nSPS) is 16.3. The molecule has 0 unspecified atom stereocenters. The number of carbonyl (C=O) groups is 3. The average Bonchev–Trinajstić information content (AvgIpc) is 3.79. The Balaban J connectivity index is 1.36. The number of likely N-dealkylation sites (tertiary alicyclic amines) is 1. The van der Waals surface area contributed by atoms with Crippen LogP contribution in [-0.4, -0.2) is 70.8 Å². The van der Waals surface area contributed by atoms with Crippen molar-refractivity contribution in [2.24, 2.45) is 11.1 Å². The molecule has 0 atom stereocenters. The van der Waals surface area contributed by atoms with E-state index in [0.29, 0.717) is 6.07 Å². The van der Waals surface area contributed by atoms with E-state index in [1.807, 2.05) is 7.05 Å². The molecule has 3 N–H and O–H groups in total. The van der Waals surface area contributed by atoms with Gasteiger partial charge in [0.05, 0.1) is 5.69 Å². The molecule has 3 aromatic rings. The maximum atomic E-state index is 15.5. The van der Waals surface area contributed by atoms with Crippen LogP contribution in [0.15, 0.2) is 48.8 Å². The quantitative estimate of drug-likeness (QED) is 0.372. The lowest BCUT2D eigenvalue weighted by Crippen LogP contribution is -2.46. The van der Waals surface area contributed by atoms with Gasteiger partial charge >= 0.3 is 6.03 Å². The van der Waals surface area contributed by atoms with Crippen LogP contribution < -0.4 is 20.7 Å². The molecule has 1 saturated heterocycles. The number of benzene rings is 2. The minimum atomic E-state index is -1.57. The first-order valence-electron chi connectivity index (χ1n) is 13.6. The number of halogens is 3. The standard InChI is InChI=1S/C29H30F3N7O4/c1-37-11-7-18(8-12-37)38(2)28(42)36-24-15-25(35-16-34-24)43-23-14-20(31)22(13-21(23)32)39(19-5-3-17(30)4-6-19)27(41)29(9-10-29)26(33)40/h3-6,13-16,18H,7-12H2,1-2H3,(H2,33,40)(H,34,35,36,42). The molecule has 0 bridgehead atoms. The van der Waals surface area contributed by atoms with Gasteiger partial charge in [-0.3, -0.25) is 19.8 Å². The summed E-state index contributed by atoms with van der Waals surface area (Å²) in [5.41, 5.74) is 3.36. The van der Waals surface area contributed by atoms with Gasteiger partial charge in [0.15, 0.2) is 17.4 Å². The van der Waals surface area contributed by atoms with Crippen molar-refractivity contribution in [2.45, 2.75) is 31.7 Å². The fourth-order valence-electron chi connectivity index (χ4n) is 4.95. The summed E-state index contributed by atoms with van der Waals surface area (Å²) >= 11 is 0. The zero-order valence-electron chi connectivity index (χ0n) is 23.5. The van der Waals surface area contributed by atoms with Crippen molar-refractivity contribution in [1.29, 1.82) is 0 Å². The van der Waals surface area contributed by atoms with Gasteiger partial charge in [-0.1, -0.05) is 0 Å². The maximum Gasteiger partial charge on any atom is 0.323 e. The van der Waals surface area contributed by atoms with E-state index in [1.165, 1.54) is 18.2 Å². The molecule has 1 aliphatic carbocycles. The SMILES string of the molecule is CN1CCC(N(C)C(=O)Nc2cc(Oc3cc(F)c(N(C(=O)C4(C(N)=O)CC4)c4ccc(F)cc4)cc3F)ncn2)CC1. The smallest absolute Gasteiger partial charge is 0.323 e. The Hall–Kier alpha value is -4.72. The minimum absolute atomic E-state index is 0.00675. The van der Waals surface area contributed by atoms with E-state index in [0.717, 1.165) is 55.4 Å². The van der Waals surface area contributed by atoms with Gasteiger partial charge in [-0.15, -0.1) is 0 Å². The molecule has 11 nitrogen and oxygen atoms in total. The van der Waals surface area contributed by atoms with Gasteiger partial charge in [0, 0.05) is 37.0 Å². The molecule has 1 aromatic heterocycles. The Labute approximate surface area is 245 Å². The van der Waals surface area contributed by atoms with Crippen LogP contribution in [0.5, 0.6) is 11.6 Å². The number of rotatable bonds is 8. The second-order valence-corrected chi connectivity index (χ2v) is 10.7. The summed E-state index contributed by atoms with van der Waals surface area (Å²) in [6.45, 7) is 1.74. The lowest BCUT2D eigenvalue weighted by molar-refractivity contribution is -0.133. The highest BCUT2D eigenvalue weighted by Gasteiger charge is 2.57. The van der Waals surface area contributed by atoms with Crippen molar-refractivity contribution in [1.82, 2.24) is 19.8 Å². The van der Waals surface area contributed by atoms with Crippen molar-refractivity contribution < 1.29 is 32.3 Å². The minimum Gasteiger partial charge on any atom is -0.436 e. The third-order valence-electron chi connectivity index (χ3n) is 7.81. The lowest BCUT2D eigenvalue weighted by Gasteiger charge is -2.34. The summed E-state index contributed by atoms with van der Waals surface area (Å²) < 4.78 is 49.9. The average molecular weight is 598 g/mol.